The molecule has 3 aromatic rings. The van der Waals surface area contributed by atoms with Crippen molar-refractivity contribution < 1.29 is 9.90 Å². The first kappa shape index (κ1) is 17.5. The normalized spacial score (nSPS) is 16.2. The summed E-state index contributed by atoms with van der Waals surface area (Å²) < 4.78 is 1.24. The Morgan fingerprint density at radius 1 is 1.19 bits per heavy atom. The van der Waals surface area contributed by atoms with Gasteiger partial charge in [0.05, 0.1) is 20.8 Å². The van der Waals surface area contributed by atoms with Crippen LogP contribution < -0.4 is 0 Å². The van der Waals surface area contributed by atoms with Crippen LogP contribution in [0.15, 0.2) is 42.5 Å². The number of aromatic nitrogens is 1. The summed E-state index contributed by atoms with van der Waals surface area (Å²) in [6, 6.07) is 13.3. The van der Waals surface area contributed by atoms with E-state index in [0.717, 1.165) is 31.4 Å². The van der Waals surface area contributed by atoms with Gasteiger partial charge in [0, 0.05) is 17.5 Å². The maximum Gasteiger partial charge on any atom is 0.336 e. The van der Waals surface area contributed by atoms with Crippen LogP contribution in [0, 0.1) is 0 Å². The van der Waals surface area contributed by atoms with Crippen molar-refractivity contribution in [1.29, 1.82) is 0 Å². The SMILES string of the molecule is O=C(O)c1cccc(Cl)c1CN1CCC(c2nc3ccccc3s2)CC1. The highest BCUT2D eigenvalue weighted by Gasteiger charge is 2.25. The lowest BCUT2D eigenvalue weighted by Gasteiger charge is -2.31. The van der Waals surface area contributed by atoms with Crippen LogP contribution in [0.4, 0.5) is 0 Å². The summed E-state index contributed by atoms with van der Waals surface area (Å²) in [5.41, 5.74) is 2.09. The quantitative estimate of drug-likeness (QED) is 0.683. The molecule has 0 amide bonds. The van der Waals surface area contributed by atoms with Crippen molar-refractivity contribution in [3.63, 3.8) is 0 Å². The highest BCUT2D eigenvalue weighted by atomic mass is 35.5. The van der Waals surface area contributed by atoms with E-state index in [1.807, 2.05) is 6.07 Å². The summed E-state index contributed by atoms with van der Waals surface area (Å²) in [6.45, 7) is 2.42. The van der Waals surface area contributed by atoms with Crippen LogP contribution in [0.3, 0.4) is 0 Å². The molecule has 0 spiro atoms. The van der Waals surface area contributed by atoms with Gasteiger partial charge in [0.25, 0.3) is 0 Å². The van der Waals surface area contributed by atoms with Crippen LogP contribution in [0.2, 0.25) is 5.02 Å². The van der Waals surface area contributed by atoms with E-state index in [4.69, 9.17) is 16.6 Å². The van der Waals surface area contributed by atoms with E-state index in [-0.39, 0.29) is 0 Å². The second kappa shape index (κ2) is 7.35. The van der Waals surface area contributed by atoms with Crippen LogP contribution in [0.25, 0.3) is 10.2 Å². The van der Waals surface area contributed by atoms with Gasteiger partial charge in [-0.15, -0.1) is 11.3 Å². The molecule has 0 radical (unpaired) electrons. The molecule has 0 unspecified atom stereocenters. The summed E-state index contributed by atoms with van der Waals surface area (Å²) in [6.07, 6.45) is 2.07. The fourth-order valence-electron chi connectivity index (χ4n) is 3.55. The minimum Gasteiger partial charge on any atom is -0.478 e. The number of hydrogen-bond donors (Lipinski definition) is 1. The van der Waals surface area contributed by atoms with Gasteiger partial charge in [-0.2, -0.15) is 0 Å². The second-order valence-corrected chi connectivity index (χ2v) is 8.11. The first-order chi connectivity index (χ1) is 12.6. The average Bonchev–Trinajstić information content (AvgIpc) is 3.08. The van der Waals surface area contributed by atoms with Gasteiger partial charge in [-0.3, -0.25) is 4.90 Å². The smallest absolute Gasteiger partial charge is 0.336 e. The fraction of sp³-hybridized carbons (Fsp3) is 0.300. The van der Waals surface area contributed by atoms with E-state index >= 15 is 0 Å². The lowest BCUT2D eigenvalue weighted by atomic mass is 9.96. The van der Waals surface area contributed by atoms with E-state index < -0.39 is 5.97 Å². The molecule has 26 heavy (non-hydrogen) atoms. The number of halogens is 1. The lowest BCUT2D eigenvalue weighted by Crippen LogP contribution is -2.33. The highest BCUT2D eigenvalue weighted by Crippen LogP contribution is 2.34. The molecule has 1 N–H and O–H groups in total. The van der Waals surface area contributed by atoms with Gasteiger partial charge in [0.1, 0.15) is 0 Å². The summed E-state index contributed by atoms with van der Waals surface area (Å²) in [4.78, 5) is 18.5. The van der Waals surface area contributed by atoms with Crippen molar-refractivity contribution in [1.82, 2.24) is 9.88 Å². The molecule has 2 aromatic carbocycles. The third-order valence-corrected chi connectivity index (χ3v) is 6.53. The Bertz CT molecular complexity index is 915. The molecular weight excluding hydrogens is 368 g/mol. The number of likely N-dealkylation sites (tertiary alicyclic amines) is 1. The Balaban J connectivity index is 1.45. The summed E-state index contributed by atoms with van der Waals surface area (Å²) in [7, 11) is 0. The zero-order valence-electron chi connectivity index (χ0n) is 14.2. The van der Waals surface area contributed by atoms with E-state index in [0.29, 0.717) is 28.6 Å². The molecule has 0 bridgehead atoms. The van der Waals surface area contributed by atoms with Crippen molar-refractivity contribution in [2.45, 2.75) is 25.3 Å². The number of carbonyl (C=O) groups is 1. The highest BCUT2D eigenvalue weighted by molar-refractivity contribution is 7.18. The number of thiazole rings is 1. The molecule has 0 aliphatic carbocycles. The Labute approximate surface area is 161 Å². The van der Waals surface area contributed by atoms with E-state index in [9.17, 15) is 9.90 Å². The first-order valence-corrected chi connectivity index (χ1v) is 9.90. The fourth-order valence-corrected chi connectivity index (χ4v) is 4.92. The molecule has 0 atom stereocenters. The van der Waals surface area contributed by atoms with E-state index in [1.54, 1.807) is 29.5 Å². The Hall–Kier alpha value is -1.95. The Kier molecular flexibility index (Phi) is 4.94. The van der Waals surface area contributed by atoms with E-state index in [1.165, 1.54) is 9.71 Å². The summed E-state index contributed by atoms with van der Waals surface area (Å²) >= 11 is 8.05. The van der Waals surface area contributed by atoms with Gasteiger partial charge in [0.2, 0.25) is 0 Å². The van der Waals surface area contributed by atoms with Crippen molar-refractivity contribution in [3.05, 3.63) is 63.6 Å². The summed E-state index contributed by atoms with van der Waals surface area (Å²) in [5.74, 6) is -0.444. The van der Waals surface area contributed by atoms with Gasteiger partial charge >= 0.3 is 5.97 Å². The van der Waals surface area contributed by atoms with Crippen LogP contribution >= 0.6 is 22.9 Å². The summed E-state index contributed by atoms with van der Waals surface area (Å²) in [5, 5.41) is 11.1. The van der Waals surface area contributed by atoms with E-state index in [2.05, 4.69) is 23.1 Å². The van der Waals surface area contributed by atoms with Gasteiger partial charge in [0.15, 0.2) is 0 Å². The predicted molar refractivity (Wildman–Crippen MR) is 105 cm³/mol. The number of hydrogen-bond acceptors (Lipinski definition) is 4. The van der Waals surface area contributed by atoms with Crippen molar-refractivity contribution >= 4 is 39.1 Å². The third-order valence-electron chi connectivity index (χ3n) is 4.98. The monoisotopic (exact) mass is 386 g/mol. The molecule has 4 nitrogen and oxygen atoms in total. The lowest BCUT2D eigenvalue weighted by molar-refractivity contribution is 0.0694. The molecule has 2 heterocycles. The second-order valence-electron chi connectivity index (χ2n) is 6.64. The number of nitrogens with zero attached hydrogens (tertiary/aromatic N) is 2. The first-order valence-electron chi connectivity index (χ1n) is 8.70. The van der Waals surface area contributed by atoms with Crippen molar-refractivity contribution in [3.8, 4) is 0 Å². The number of para-hydroxylation sites is 1. The molecule has 1 aliphatic rings. The zero-order valence-corrected chi connectivity index (χ0v) is 15.8. The number of fused-ring (bicyclic) bond motifs is 1. The minimum absolute atomic E-state index is 0.297. The number of rotatable bonds is 4. The molecule has 4 rings (SSSR count). The molecule has 0 saturated carbocycles. The molecule has 1 saturated heterocycles. The number of piperidine rings is 1. The number of benzene rings is 2. The minimum atomic E-state index is -0.924. The predicted octanol–water partition coefficient (Wildman–Crippen LogP) is 5.03. The Morgan fingerprint density at radius 2 is 1.96 bits per heavy atom. The van der Waals surface area contributed by atoms with Crippen LogP contribution in [-0.4, -0.2) is 34.0 Å². The van der Waals surface area contributed by atoms with Crippen LogP contribution in [0.5, 0.6) is 0 Å². The Morgan fingerprint density at radius 3 is 2.69 bits per heavy atom. The molecule has 1 aromatic heterocycles. The number of carboxylic acid groups (broad SMARTS) is 1. The van der Waals surface area contributed by atoms with Gasteiger partial charge in [-0.05, 0) is 55.8 Å². The van der Waals surface area contributed by atoms with Gasteiger partial charge in [-0.1, -0.05) is 29.8 Å². The van der Waals surface area contributed by atoms with Gasteiger partial charge in [-0.25, -0.2) is 9.78 Å². The molecule has 1 aliphatic heterocycles. The average molecular weight is 387 g/mol. The molecule has 6 heteroatoms. The van der Waals surface area contributed by atoms with Crippen LogP contribution in [-0.2, 0) is 6.54 Å². The third kappa shape index (κ3) is 3.47. The molecule has 134 valence electrons. The van der Waals surface area contributed by atoms with Crippen LogP contribution in [0.1, 0.15) is 39.7 Å². The maximum absolute atomic E-state index is 11.5. The standard InChI is InChI=1S/C20H19ClN2O2S/c21-16-5-3-4-14(20(24)25)15(16)12-23-10-8-13(9-11-23)19-22-17-6-1-2-7-18(17)26-19/h1-7,13H,8-12H2,(H,24,25). The van der Waals surface area contributed by atoms with Gasteiger partial charge < -0.3 is 5.11 Å². The molecular formula is C20H19ClN2O2S. The van der Waals surface area contributed by atoms with Crippen molar-refractivity contribution in [2.75, 3.05) is 13.1 Å². The molecule has 1 fully saturated rings. The number of carboxylic acids is 1. The zero-order chi connectivity index (χ0) is 18.1. The maximum atomic E-state index is 11.5. The number of aromatic carboxylic acids is 1. The van der Waals surface area contributed by atoms with Crippen molar-refractivity contribution in [2.24, 2.45) is 0 Å². The topological polar surface area (TPSA) is 53.4 Å². The largest absolute Gasteiger partial charge is 0.478 e.